The molecule has 0 spiro atoms. The Kier molecular flexibility index (Phi) is 5.49. The van der Waals surface area contributed by atoms with E-state index < -0.39 is 11.9 Å². The Labute approximate surface area is 118 Å². The quantitative estimate of drug-likeness (QED) is 0.766. The monoisotopic (exact) mass is 280 g/mol. The molecule has 1 aromatic rings. The van der Waals surface area contributed by atoms with Crippen molar-refractivity contribution in [2.45, 2.75) is 20.8 Å². The van der Waals surface area contributed by atoms with E-state index in [1.165, 1.54) is 14.2 Å². The molecule has 1 aromatic heterocycles. The lowest BCUT2D eigenvalue weighted by atomic mass is 10.1. The van der Waals surface area contributed by atoms with Gasteiger partial charge < -0.3 is 14.4 Å². The van der Waals surface area contributed by atoms with Gasteiger partial charge in [0.15, 0.2) is 5.69 Å². The van der Waals surface area contributed by atoms with Crippen LogP contribution in [0.25, 0.3) is 0 Å². The van der Waals surface area contributed by atoms with Crippen LogP contribution in [-0.2, 0) is 9.47 Å². The Hall–Kier alpha value is -2.11. The van der Waals surface area contributed by atoms with Gasteiger partial charge in [-0.1, -0.05) is 0 Å². The van der Waals surface area contributed by atoms with Crippen molar-refractivity contribution in [3.63, 3.8) is 0 Å². The number of methoxy groups -OCH3 is 2. The van der Waals surface area contributed by atoms with Crippen molar-refractivity contribution in [1.82, 2.24) is 4.98 Å². The summed E-state index contributed by atoms with van der Waals surface area (Å²) in [5, 5.41) is 0. The van der Waals surface area contributed by atoms with Crippen molar-refractivity contribution in [3.8, 4) is 0 Å². The predicted octanol–water partition coefficient (Wildman–Crippen LogP) is 1.81. The molecule has 0 amide bonds. The number of hydrogen-bond donors (Lipinski definition) is 0. The van der Waals surface area contributed by atoms with E-state index in [0.717, 1.165) is 5.56 Å². The average molecular weight is 280 g/mol. The zero-order valence-corrected chi connectivity index (χ0v) is 12.5. The van der Waals surface area contributed by atoms with Crippen molar-refractivity contribution >= 4 is 17.6 Å². The highest BCUT2D eigenvalue weighted by Crippen LogP contribution is 2.28. The number of pyridine rings is 1. The Balaban J connectivity index is 3.62. The highest BCUT2D eigenvalue weighted by Gasteiger charge is 2.27. The molecule has 0 aliphatic rings. The first-order chi connectivity index (χ1) is 9.51. The van der Waals surface area contributed by atoms with Crippen LogP contribution in [0.5, 0.6) is 0 Å². The number of aryl methyl sites for hydroxylation is 1. The number of nitrogens with zero attached hydrogens (tertiary/aromatic N) is 2. The molecule has 0 unspecified atom stereocenters. The van der Waals surface area contributed by atoms with Crippen molar-refractivity contribution < 1.29 is 19.1 Å². The minimum Gasteiger partial charge on any atom is -0.465 e. The summed E-state index contributed by atoms with van der Waals surface area (Å²) in [6.45, 7) is 7.19. The first-order valence-electron chi connectivity index (χ1n) is 6.42. The van der Waals surface area contributed by atoms with Crippen LogP contribution in [0.2, 0.25) is 0 Å². The van der Waals surface area contributed by atoms with Gasteiger partial charge in [0.05, 0.1) is 19.9 Å². The van der Waals surface area contributed by atoms with Crippen LogP contribution in [0.3, 0.4) is 0 Å². The molecule has 0 N–H and O–H groups in total. The minimum atomic E-state index is -0.654. The first kappa shape index (κ1) is 15.9. The van der Waals surface area contributed by atoms with Crippen LogP contribution < -0.4 is 4.90 Å². The van der Waals surface area contributed by atoms with Gasteiger partial charge in [0.1, 0.15) is 5.56 Å². The van der Waals surface area contributed by atoms with Gasteiger partial charge in [0, 0.05) is 19.3 Å². The maximum Gasteiger partial charge on any atom is 0.357 e. The van der Waals surface area contributed by atoms with E-state index in [1.54, 1.807) is 6.20 Å². The summed E-state index contributed by atoms with van der Waals surface area (Å²) >= 11 is 0. The molecule has 0 saturated heterocycles. The summed E-state index contributed by atoms with van der Waals surface area (Å²) in [6, 6.07) is 0. The molecule has 0 saturated carbocycles. The maximum absolute atomic E-state index is 12.1. The number of carbonyl (C=O) groups excluding carboxylic acids is 2. The number of carbonyl (C=O) groups is 2. The zero-order chi connectivity index (χ0) is 15.3. The molecule has 0 atom stereocenters. The summed E-state index contributed by atoms with van der Waals surface area (Å²) in [5.74, 6) is -1.25. The number of ether oxygens (including phenoxy) is 2. The smallest absolute Gasteiger partial charge is 0.357 e. The van der Waals surface area contributed by atoms with Gasteiger partial charge in [-0.05, 0) is 26.3 Å². The van der Waals surface area contributed by atoms with Crippen LogP contribution in [0, 0.1) is 6.92 Å². The van der Waals surface area contributed by atoms with E-state index in [2.05, 4.69) is 9.72 Å². The van der Waals surface area contributed by atoms with Crippen LogP contribution in [0.1, 0.15) is 40.3 Å². The number of anilines is 1. The van der Waals surface area contributed by atoms with E-state index in [1.807, 2.05) is 25.7 Å². The van der Waals surface area contributed by atoms with Gasteiger partial charge in [0.2, 0.25) is 0 Å². The summed E-state index contributed by atoms with van der Waals surface area (Å²) in [6.07, 6.45) is 1.56. The molecular weight excluding hydrogens is 260 g/mol. The van der Waals surface area contributed by atoms with Crippen LogP contribution in [0.4, 0.5) is 5.69 Å². The third kappa shape index (κ3) is 2.89. The van der Waals surface area contributed by atoms with Gasteiger partial charge in [0.25, 0.3) is 0 Å². The van der Waals surface area contributed by atoms with Gasteiger partial charge in [-0.25, -0.2) is 14.6 Å². The minimum absolute atomic E-state index is 0.0214. The predicted molar refractivity (Wildman–Crippen MR) is 75.2 cm³/mol. The summed E-state index contributed by atoms with van der Waals surface area (Å²) < 4.78 is 9.48. The fraction of sp³-hybridized carbons (Fsp3) is 0.500. The molecule has 0 aliphatic heterocycles. The highest BCUT2D eigenvalue weighted by atomic mass is 16.5. The Bertz CT molecular complexity index is 510. The van der Waals surface area contributed by atoms with Crippen molar-refractivity contribution in [2.24, 2.45) is 0 Å². The van der Waals surface area contributed by atoms with Crippen LogP contribution >= 0.6 is 0 Å². The Morgan fingerprint density at radius 1 is 1.15 bits per heavy atom. The summed E-state index contributed by atoms with van der Waals surface area (Å²) in [5.41, 5.74) is 1.61. The number of rotatable bonds is 5. The average Bonchev–Trinajstić information content (AvgIpc) is 2.48. The molecule has 110 valence electrons. The number of aromatic nitrogens is 1. The standard InChI is InChI=1S/C14H20N2O4/c1-6-16(7-2)12-9(3)8-15-11(14(18)20-5)10(12)13(17)19-4/h8H,6-7H2,1-5H3. The zero-order valence-electron chi connectivity index (χ0n) is 12.5. The second-order valence-electron chi connectivity index (χ2n) is 4.17. The third-order valence-electron chi connectivity index (χ3n) is 3.08. The summed E-state index contributed by atoms with van der Waals surface area (Å²) in [7, 11) is 2.53. The first-order valence-corrected chi connectivity index (χ1v) is 6.42. The molecule has 20 heavy (non-hydrogen) atoms. The van der Waals surface area contributed by atoms with Gasteiger partial charge in [-0.15, -0.1) is 0 Å². The van der Waals surface area contributed by atoms with Crippen LogP contribution in [0.15, 0.2) is 6.20 Å². The molecule has 6 nitrogen and oxygen atoms in total. The van der Waals surface area contributed by atoms with Crippen LogP contribution in [-0.4, -0.2) is 44.2 Å². The van der Waals surface area contributed by atoms with E-state index in [9.17, 15) is 9.59 Å². The van der Waals surface area contributed by atoms with E-state index >= 15 is 0 Å². The summed E-state index contributed by atoms with van der Waals surface area (Å²) in [4.78, 5) is 29.9. The normalized spacial score (nSPS) is 10.1. The van der Waals surface area contributed by atoms with Gasteiger partial charge in [-0.3, -0.25) is 0 Å². The largest absolute Gasteiger partial charge is 0.465 e. The molecule has 1 heterocycles. The lowest BCUT2D eigenvalue weighted by Crippen LogP contribution is -2.27. The van der Waals surface area contributed by atoms with E-state index in [4.69, 9.17) is 4.74 Å². The Morgan fingerprint density at radius 3 is 2.15 bits per heavy atom. The van der Waals surface area contributed by atoms with Crippen molar-refractivity contribution in [1.29, 1.82) is 0 Å². The molecule has 0 aliphatic carbocycles. The van der Waals surface area contributed by atoms with E-state index in [0.29, 0.717) is 18.8 Å². The molecular formula is C14H20N2O4. The molecule has 6 heteroatoms. The molecule has 1 rings (SSSR count). The second kappa shape index (κ2) is 6.88. The Morgan fingerprint density at radius 2 is 1.70 bits per heavy atom. The second-order valence-corrected chi connectivity index (χ2v) is 4.17. The molecule has 0 fully saturated rings. The molecule has 0 radical (unpaired) electrons. The van der Waals surface area contributed by atoms with Gasteiger partial charge >= 0.3 is 11.9 Å². The van der Waals surface area contributed by atoms with Gasteiger partial charge in [-0.2, -0.15) is 0 Å². The third-order valence-corrected chi connectivity index (χ3v) is 3.08. The topological polar surface area (TPSA) is 68.7 Å². The fourth-order valence-corrected chi connectivity index (χ4v) is 2.09. The SMILES string of the molecule is CCN(CC)c1c(C)cnc(C(=O)OC)c1C(=O)OC. The van der Waals surface area contributed by atoms with Crippen molar-refractivity contribution in [2.75, 3.05) is 32.2 Å². The fourth-order valence-electron chi connectivity index (χ4n) is 2.09. The number of esters is 2. The highest BCUT2D eigenvalue weighted by molar-refractivity contribution is 6.06. The molecule has 0 bridgehead atoms. The number of hydrogen-bond acceptors (Lipinski definition) is 6. The van der Waals surface area contributed by atoms with E-state index in [-0.39, 0.29) is 11.3 Å². The lowest BCUT2D eigenvalue weighted by molar-refractivity contribution is 0.0550. The van der Waals surface area contributed by atoms with Crippen molar-refractivity contribution in [3.05, 3.63) is 23.0 Å². The lowest BCUT2D eigenvalue weighted by Gasteiger charge is -2.26. The molecule has 0 aromatic carbocycles. The maximum atomic E-state index is 12.1.